The highest BCUT2D eigenvalue weighted by molar-refractivity contribution is 5.85. The molecule has 2 N–H and O–H groups in total. The molecule has 1 saturated carbocycles. The summed E-state index contributed by atoms with van der Waals surface area (Å²) in [5, 5.41) is 26.8. The van der Waals surface area contributed by atoms with Crippen LogP contribution in [0.3, 0.4) is 0 Å². The van der Waals surface area contributed by atoms with Crippen LogP contribution in [0.2, 0.25) is 0 Å². The van der Waals surface area contributed by atoms with Crippen molar-refractivity contribution >= 4 is 17.2 Å². The zero-order valence-electron chi connectivity index (χ0n) is 24.9. The van der Waals surface area contributed by atoms with Crippen molar-refractivity contribution in [2.75, 3.05) is 24.6 Å². The number of nitrogens with zero attached hydrogens (tertiary/aromatic N) is 5. The number of nitriles is 1. The van der Waals surface area contributed by atoms with Gasteiger partial charge >= 0.3 is 6.18 Å². The highest BCUT2D eigenvalue weighted by Crippen LogP contribution is 2.43. The summed E-state index contributed by atoms with van der Waals surface area (Å²) in [4.78, 5) is 19.7. The molecule has 44 heavy (non-hydrogen) atoms. The van der Waals surface area contributed by atoms with Crippen molar-refractivity contribution in [3.8, 4) is 22.9 Å². The number of fused-ring (bicyclic) bond motifs is 1. The molecule has 1 saturated heterocycles. The lowest BCUT2D eigenvalue weighted by molar-refractivity contribution is -0.201. The van der Waals surface area contributed by atoms with Crippen LogP contribution in [0.25, 0.3) is 16.6 Å². The van der Waals surface area contributed by atoms with Gasteiger partial charge in [-0.05, 0) is 71.1 Å². The van der Waals surface area contributed by atoms with E-state index in [0.717, 1.165) is 5.56 Å². The number of ether oxygens (including phenoxy) is 1. The van der Waals surface area contributed by atoms with Crippen molar-refractivity contribution < 1.29 is 32.2 Å². The third-order valence-corrected chi connectivity index (χ3v) is 8.52. The number of rotatable bonds is 7. The summed E-state index contributed by atoms with van der Waals surface area (Å²) in [5.74, 6) is -2.84. The summed E-state index contributed by atoms with van der Waals surface area (Å²) >= 11 is 0. The Balaban J connectivity index is 1.28. The van der Waals surface area contributed by atoms with Crippen LogP contribution in [0.15, 0.2) is 36.8 Å². The first kappa shape index (κ1) is 31.5. The van der Waals surface area contributed by atoms with Crippen LogP contribution in [-0.2, 0) is 4.79 Å². The molecule has 236 valence electrons. The van der Waals surface area contributed by atoms with E-state index in [9.17, 15) is 32.7 Å². The minimum absolute atomic E-state index is 0.0514. The average Bonchev–Trinajstić information content (AvgIpc) is 3.38. The van der Waals surface area contributed by atoms with Crippen LogP contribution in [0, 0.1) is 23.2 Å². The number of halogens is 4. The Morgan fingerprint density at radius 2 is 1.95 bits per heavy atom. The maximum absolute atomic E-state index is 14.0. The molecular weight excluding hydrogens is 580 g/mol. The number of aliphatic hydroxyl groups is 1. The van der Waals surface area contributed by atoms with Crippen molar-refractivity contribution in [3.63, 3.8) is 0 Å². The Morgan fingerprint density at radius 3 is 2.57 bits per heavy atom. The predicted octanol–water partition coefficient (Wildman–Crippen LogP) is 5.21. The van der Waals surface area contributed by atoms with Gasteiger partial charge in [-0.25, -0.2) is 13.9 Å². The van der Waals surface area contributed by atoms with Gasteiger partial charge in [0, 0.05) is 36.0 Å². The SMILES string of the molecule is CC(C)(O)COc1cc(-c2ccc(N3CCC(C)(NC(=O)C4CC(F)CCC4C(F)(F)F)CC3)nc2)c2c(C#N)cnn2c1. The van der Waals surface area contributed by atoms with Gasteiger partial charge in [-0.1, -0.05) is 0 Å². The molecule has 0 radical (unpaired) electrons. The van der Waals surface area contributed by atoms with Crippen molar-refractivity contribution in [1.29, 1.82) is 5.26 Å². The topological polar surface area (TPSA) is 116 Å². The monoisotopic (exact) mass is 616 g/mol. The van der Waals surface area contributed by atoms with E-state index in [1.165, 1.54) is 6.20 Å². The first-order valence-corrected chi connectivity index (χ1v) is 14.7. The Hall–Kier alpha value is -3.92. The number of aromatic nitrogens is 3. The molecular formula is C31H36F4N6O3. The van der Waals surface area contributed by atoms with E-state index < -0.39 is 47.7 Å². The lowest BCUT2D eigenvalue weighted by atomic mass is 9.76. The number of hydrogen-bond donors (Lipinski definition) is 2. The number of carbonyl (C=O) groups excluding carboxylic acids is 1. The van der Waals surface area contributed by atoms with Crippen LogP contribution in [0.4, 0.5) is 23.4 Å². The molecule has 0 spiro atoms. The van der Waals surface area contributed by atoms with Crippen LogP contribution in [0.5, 0.6) is 5.75 Å². The maximum atomic E-state index is 14.0. The first-order chi connectivity index (χ1) is 20.7. The third kappa shape index (κ3) is 6.90. The highest BCUT2D eigenvalue weighted by Gasteiger charge is 2.51. The van der Waals surface area contributed by atoms with Crippen molar-refractivity contribution in [1.82, 2.24) is 19.9 Å². The maximum Gasteiger partial charge on any atom is 0.392 e. The zero-order chi connectivity index (χ0) is 31.9. The molecule has 3 aromatic rings. The quantitative estimate of drug-likeness (QED) is 0.350. The molecule has 1 aliphatic carbocycles. The van der Waals surface area contributed by atoms with E-state index in [1.807, 2.05) is 24.0 Å². The van der Waals surface area contributed by atoms with Crippen LogP contribution >= 0.6 is 0 Å². The number of nitrogens with one attached hydrogen (secondary N) is 1. The number of piperidine rings is 1. The van der Waals surface area contributed by atoms with Crippen molar-refractivity contribution in [2.24, 2.45) is 11.8 Å². The van der Waals surface area contributed by atoms with Gasteiger partial charge < -0.3 is 20.1 Å². The fraction of sp³-hybridized carbons (Fsp3) is 0.548. The van der Waals surface area contributed by atoms with Gasteiger partial charge in [0.2, 0.25) is 5.91 Å². The Labute approximate surface area is 252 Å². The lowest BCUT2D eigenvalue weighted by Gasteiger charge is -2.42. The van der Waals surface area contributed by atoms with Crippen molar-refractivity contribution in [2.45, 2.75) is 76.4 Å². The van der Waals surface area contributed by atoms with Gasteiger partial charge in [-0.15, -0.1) is 0 Å². The van der Waals surface area contributed by atoms with E-state index in [1.54, 1.807) is 36.8 Å². The highest BCUT2D eigenvalue weighted by atomic mass is 19.4. The first-order valence-electron chi connectivity index (χ1n) is 14.7. The van der Waals surface area contributed by atoms with Crippen molar-refractivity contribution in [3.05, 3.63) is 42.4 Å². The minimum atomic E-state index is -4.55. The smallest absolute Gasteiger partial charge is 0.392 e. The third-order valence-electron chi connectivity index (χ3n) is 8.52. The Kier molecular flexibility index (Phi) is 8.50. The van der Waals surface area contributed by atoms with E-state index in [2.05, 4.69) is 21.5 Å². The molecule has 0 bridgehead atoms. The van der Waals surface area contributed by atoms with Gasteiger partial charge in [-0.3, -0.25) is 4.79 Å². The molecule has 13 heteroatoms. The second-order valence-electron chi connectivity index (χ2n) is 12.8. The molecule has 0 aromatic carbocycles. The van der Waals surface area contributed by atoms with E-state index in [-0.39, 0.29) is 19.4 Å². The molecule has 2 aliphatic rings. The molecule has 9 nitrogen and oxygen atoms in total. The number of amides is 1. The predicted molar refractivity (Wildman–Crippen MR) is 155 cm³/mol. The molecule has 3 unspecified atom stereocenters. The fourth-order valence-electron chi connectivity index (χ4n) is 6.02. The summed E-state index contributed by atoms with van der Waals surface area (Å²) < 4.78 is 62.1. The van der Waals surface area contributed by atoms with Gasteiger partial charge in [0.05, 0.1) is 40.9 Å². The second kappa shape index (κ2) is 11.9. The number of alkyl halides is 4. The summed E-state index contributed by atoms with van der Waals surface area (Å²) in [6.45, 7) is 6.15. The summed E-state index contributed by atoms with van der Waals surface area (Å²) in [5.41, 5.74) is 0.593. The average molecular weight is 617 g/mol. The second-order valence-corrected chi connectivity index (χ2v) is 12.8. The molecule has 1 aliphatic heterocycles. The van der Waals surface area contributed by atoms with Gasteiger partial charge in [0.1, 0.15) is 30.4 Å². The largest absolute Gasteiger partial charge is 0.489 e. The molecule has 5 rings (SSSR count). The molecule has 4 heterocycles. The molecule has 2 fully saturated rings. The Bertz CT molecular complexity index is 1540. The molecule has 3 aromatic heterocycles. The Morgan fingerprint density at radius 1 is 1.23 bits per heavy atom. The van der Waals surface area contributed by atoms with Gasteiger partial charge in [0.25, 0.3) is 0 Å². The van der Waals surface area contributed by atoms with Gasteiger partial charge in [-0.2, -0.15) is 23.5 Å². The number of hydrogen-bond acceptors (Lipinski definition) is 7. The summed E-state index contributed by atoms with van der Waals surface area (Å²) in [6.07, 6.45) is -1.17. The van der Waals surface area contributed by atoms with Crippen LogP contribution in [0.1, 0.15) is 58.4 Å². The number of pyridine rings is 2. The van der Waals surface area contributed by atoms with E-state index >= 15 is 0 Å². The van der Waals surface area contributed by atoms with Crippen LogP contribution in [-0.4, -0.2) is 68.8 Å². The summed E-state index contributed by atoms with van der Waals surface area (Å²) in [7, 11) is 0. The zero-order valence-corrected chi connectivity index (χ0v) is 24.9. The fourth-order valence-corrected chi connectivity index (χ4v) is 6.02. The van der Waals surface area contributed by atoms with Crippen LogP contribution < -0.4 is 15.0 Å². The molecule has 3 atom stereocenters. The van der Waals surface area contributed by atoms with E-state index in [4.69, 9.17) is 4.74 Å². The minimum Gasteiger partial charge on any atom is -0.489 e. The number of anilines is 1. The number of carbonyl (C=O) groups is 1. The van der Waals surface area contributed by atoms with Gasteiger partial charge in [0.15, 0.2) is 0 Å². The standard InChI is InChI=1S/C31H36F4N6O3/c1-29(2,43)18-44-22-13-23(27-20(14-36)16-38-41(27)17-22)19-4-7-26(37-15-19)40-10-8-30(3,9-11-40)39-28(42)24-12-21(32)5-6-25(24)31(33,34)35/h4,7,13,15-17,21,24-25,43H,5-6,8-12,18H2,1-3H3,(H,39,42). The normalized spacial score (nSPS) is 22.4. The lowest BCUT2D eigenvalue weighted by Crippen LogP contribution is -2.56. The summed E-state index contributed by atoms with van der Waals surface area (Å²) in [6, 6.07) is 7.64. The molecule has 1 amide bonds. The van der Waals surface area contributed by atoms with E-state index in [0.29, 0.717) is 54.1 Å².